The van der Waals surface area contributed by atoms with Crippen LogP contribution in [0.1, 0.15) is 109 Å². The van der Waals surface area contributed by atoms with E-state index in [9.17, 15) is 39.9 Å². The summed E-state index contributed by atoms with van der Waals surface area (Å²) in [5, 5.41) is 64.4. The maximum absolute atomic E-state index is 14.4. The molecule has 6 N–H and O–H groups in total. The van der Waals surface area contributed by atoms with E-state index in [0.717, 1.165) is 25.5 Å². The van der Waals surface area contributed by atoms with Gasteiger partial charge in [-0.2, -0.15) is 0 Å². The van der Waals surface area contributed by atoms with Gasteiger partial charge in [-0.15, -0.1) is 0 Å². The number of fused-ring (bicyclic) bond motifs is 14. The number of Topliss-reactive ketones (excluding diaryl/α,β-unsaturated/α-hetero) is 1. The number of unbranched alkanes of at least 4 members (excludes halogenated alkanes) is 2. The van der Waals surface area contributed by atoms with Gasteiger partial charge in [0.25, 0.3) is 11.7 Å². The number of benzene rings is 2. The van der Waals surface area contributed by atoms with Crippen LogP contribution in [0.25, 0.3) is 10.8 Å². The van der Waals surface area contributed by atoms with Crippen LogP contribution in [-0.2, 0) is 28.6 Å². The van der Waals surface area contributed by atoms with Gasteiger partial charge in [0, 0.05) is 61.2 Å². The molecule has 0 fully saturated rings. The monoisotopic (exact) mass is 838 g/mol. The molecule has 2 aromatic rings. The van der Waals surface area contributed by atoms with Gasteiger partial charge >= 0.3 is 11.8 Å². The molecule has 0 aliphatic carbocycles. The summed E-state index contributed by atoms with van der Waals surface area (Å²) in [6.45, 7) is 16.4. The van der Waals surface area contributed by atoms with Gasteiger partial charge in [0.15, 0.2) is 5.75 Å². The number of ether oxygens (including phenoxy) is 4. The molecular formula is C45H62N2O13. The Morgan fingerprint density at radius 3 is 2.30 bits per heavy atom. The number of aliphatic hydroxyl groups excluding tert-OH is 2. The molecule has 1 amide bonds. The van der Waals surface area contributed by atoms with Crippen LogP contribution in [0.5, 0.6) is 23.0 Å². The summed E-state index contributed by atoms with van der Waals surface area (Å²) in [5.41, 5.74) is -0.565. The number of carbonyl (C=O) groups excluding carboxylic acids is 3. The van der Waals surface area contributed by atoms with Gasteiger partial charge in [-0.25, -0.2) is 0 Å². The molecule has 0 radical (unpaired) electrons. The number of methoxy groups -OCH3 is 1. The first-order chi connectivity index (χ1) is 28.2. The molecule has 0 saturated carbocycles. The third-order valence-corrected chi connectivity index (χ3v) is 11.7. The second-order valence-corrected chi connectivity index (χ2v) is 16.3. The fraction of sp³-hybridized carbons (Fsp3) is 0.556. The minimum absolute atomic E-state index is 0.0391. The predicted octanol–water partition coefficient (Wildman–Crippen LogP) is 7.07. The SMILES string of the molecule is CCCCCC(C)O/N=C/c1c2c(O)c3c(O)c(C)c4c(c3c1O)C(=O)[C@@](C)(O/C=C/[C@H](OC)[C@@H](C)[C@@H](OC(C)=O)[C@H](C)[C@H](O)[C@H](C)[C@@H](O)[C@H](C)/C=C/C=C(/C)C(=O)N2)O4. The summed E-state index contributed by atoms with van der Waals surface area (Å²) in [5.74, 6) is -8.58. The van der Waals surface area contributed by atoms with Crippen LogP contribution in [0.3, 0.4) is 0 Å². The summed E-state index contributed by atoms with van der Waals surface area (Å²) in [6, 6.07) is 0. The lowest BCUT2D eigenvalue weighted by atomic mass is 9.78. The summed E-state index contributed by atoms with van der Waals surface area (Å²) in [4.78, 5) is 46.1. The number of carbonyl (C=O) groups is 3. The number of nitrogens with zero attached hydrogens (tertiary/aromatic N) is 1. The van der Waals surface area contributed by atoms with Crippen LogP contribution in [0.2, 0.25) is 0 Å². The van der Waals surface area contributed by atoms with Gasteiger partial charge in [0.2, 0.25) is 0 Å². The number of phenols is 3. The maximum atomic E-state index is 14.4. The van der Waals surface area contributed by atoms with Crippen molar-refractivity contribution in [1.82, 2.24) is 0 Å². The summed E-state index contributed by atoms with van der Waals surface area (Å²) >= 11 is 0. The zero-order valence-electron chi connectivity index (χ0n) is 36.4. The van der Waals surface area contributed by atoms with Crippen molar-refractivity contribution < 1.29 is 63.7 Å². The lowest BCUT2D eigenvalue weighted by molar-refractivity contribution is -0.160. The number of amides is 1. The number of ketones is 1. The molecule has 5 bridgehead atoms. The quantitative estimate of drug-likeness (QED) is 0.0372. The van der Waals surface area contributed by atoms with Crippen molar-refractivity contribution in [3.8, 4) is 23.0 Å². The first-order valence-corrected chi connectivity index (χ1v) is 20.5. The molecular weight excluding hydrogens is 776 g/mol. The number of rotatable bonds is 9. The highest BCUT2D eigenvalue weighted by Crippen LogP contribution is 2.55. The molecule has 0 spiro atoms. The topological polar surface area (TPSA) is 223 Å². The lowest BCUT2D eigenvalue weighted by Gasteiger charge is -2.38. The van der Waals surface area contributed by atoms with E-state index in [2.05, 4.69) is 17.4 Å². The van der Waals surface area contributed by atoms with E-state index in [-0.39, 0.29) is 50.6 Å². The van der Waals surface area contributed by atoms with E-state index in [1.807, 2.05) is 6.92 Å². The smallest absolute Gasteiger partial charge is 0.312 e. The molecule has 0 saturated heterocycles. The van der Waals surface area contributed by atoms with Crippen LogP contribution in [-0.4, -0.2) is 92.8 Å². The van der Waals surface area contributed by atoms with Crippen LogP contribution >= 0.6 is 0 Å². The fourth-order valence-electron chi connectivity index (χ4n) is 7.79. The number of hydrogen-bond acceptors (Lipinski definition) is 14. The van der Waals surface area contributed by atoms with Gasteiger partial charge in [0.05, 0.1) is 53.0 Å². The second kappa shape index (κ2) is 20.0. The number of aromatic hydroxyl groups is 3. The number of hydrogen-bond donors (Lipinski definition) is 6. The Labute approximate surface area is 351 Å². The number of allylic oxidation sites excluding steroid dienone is 2. The van der Waals surface area contributed by atoms with Crippen molar-refractivity contribution in [2.45, 2.75) is 131 Å². The van der Waals surface area contributed by atoms with Gasteiger partial charge < -0.3 is 54.6 Å². The number of anilines is 1. The van der Waals surface area contributed by atoms with E-state index in [1.165, 1.54) is 53.2 Å². The zero-order valence-corrected chi connectivity index (χ0v) is 36.4. The van der Waals surface area contributed by atoms with E-state index in [4.69, 9.17) is 23.8 Å². The van der Waals surface area contributed by atoms with E-state index >= 15 is 0 Å². The molecule has 15 heteroatoms. The molecule has 1 unspecified atom stereocenters. The van der Waals surface area contributed by atoms with Crippen molar-refractivity contribution in [3.05, 3.63) is 52.8 Å². The summed E-state index contributed by atoms with van der Waals surface area (Å²) in [7, 11) is 1.43. The van der Waals surface area contributed by atoms with Gasteiger partial charge in [0.1, 0.15) is 29.5 Å². The molecule has 3 aliphatic rings. The van der Waals surface area contributed by atoms with Gasteiger partial charge in [-0.3, -0.25) is 14.4 Å². The highest BCUT2D eigenvalue weighted by Gasteiger charge is 2.50. The lowest BCUT2D eigenvalue weighted by Crippen LogP contribution is -2.46. The van der Waals surface area contributed by atoms with Crippen molar-refractivity contribution in [1.29, 1.82) is 0 Å². The number of nitrogens with one attached hydrogen (secondary N) is 1. The van der Waals surface area contributed by atoms with Crippen molar-refractivity contribution >= 4 is 40.3 Å². The number of phenolic OH excluding ortho intramolecular Hbond substituents is 3. The van der Waals surface area contributed by atoms with Crippen LogP contribution in [0, 0.1) is 30.6 Å². The molecule has 3 heterocycles. The molecule has 60 heavy (non-hydrogen) atoms. The van der Waals surface area contributed by atoms with E-state index in [1.54, 1.807) is 39.8 Å². The average molecular weight is 839 g/mol. The Balaban J connectivity index is 1.95. The maximum Gasteiger partial charge on any atom is 0.312 e. The highest BCUT2D eigenvalue weighted by atomic mass is 16.7. The highest BCUT2D eigenvalue weighted by molar-refractivity contribution is 6.23. The standard InChI is InChI=1S/C45H62N2O13/c1-12-13-14-18-24(4)60-46-21-30-35-40(53)33-32(39(30)52)34-42(28(8)38(33)51)59-45(10,43(34)54)57-20-19-31(56-11)25(5)41(58-29(9)48)27(7)37(50)26(6)36(49)22(2)16-15-17-23(3)44(55)47-35/h15-17,19-22,24-27,31,36-37,41,49-53H,12-14,18H2,1-11H3,(H,47,55)/b16-15+,20-19+,23-17-,46-21+/t22-,24?,25-,26-,27-,31+,36+,37-,41-,45+/m1/s1. The largest absolute Gasteiger partial charge is 0.507 e. The summed E-state index contributed by atoms with van der Waals surface area (Å²) in [6.07, 6.45) is 7.90. The predicted molar refractivity (Wildman–Crippen MR) is 226 cm³/mol. The molecule has 330 valence electrons. The van der Waals surface area contributed by atoms with Crippen LogP contribution in [0.4, 0.5) is 5.69 Å². The second-order valence-electron chi connectivity index (χ2n) is 16.3. The number of oxime groups is 1. The number of esters is 1. The van der Waals surface area contributed by atoms with Gasteiger partial charge in [-0.05, 0) is 39.7 Å². The van der Waals surface area contributed by atoms with Crippen molar-refractivity contribution in [2.24, 2.45) is 28.8 Å². The van der Waals surface area contributed by atoms with Gasteiger partial charge in [-0.1, -0.05) is 70.8 Å². The molecule has 3 aliphatic heterocycles. The first kappa shape index (κ1) is 47.6. The summed E-state index contributed by atoms with van der Waals surface area (Å²) < 4.78 is 23.6. The third kappa shape index (κ3) is 9.90. The number of aliphatic hydroxyl groups is 2. The minimum Gasteiger partial charge on any atom is -0.507 e. The average Bonchev–Trinajstić information content (AvgIpc) is 3.47. The Hall–Kier alpha value is -5.12. The molecule has 0 aromatic heterocycles. The van der Waals surface area contributed by atoms with Crippen molar-refractivity contribution in [3.63, 3.8) is 0 Å². The molecule has 15 nitrogen and oxygen atoms in total. The molecule has 5 rings (SSSR count). The third-order valence-electron chi connectivity index (χ3n) is 11.7. The Bertz CT molecular complexity index is 2040. The Kier molecular flexibility index (Phi) is 15.8. The van der Waals surface area contributed by atoms with Crippen molar-refractivity contribution in [2.75, 3.05) is 12.4 Å². The normalized spacial score (nSPS) is 30.3. The molecule has 10 atom stereocenters. The minimum atomic E-state index is -2.06. The first-order valence-electron chi connectivity index (χ1n) is 20.5. The van der Waals surface area contributed by atoms with Crippen LogP contribution < -0.4 is 10.1 Å². The fourth-order valence-corrected chi connectivity index (χ4v) is 7.79. The van der Waals surface area contributed by atoms with E-state index < -0.39 is 88.8 Å². The van der Waals surface area contributed by atoms with Crippen LogP contribution in [0.15, 0.2) is 41.3 Å². The van der Waals surface area contributed by atoms with E-state index in [0.29, 0.717) is 6.42 Å². The molecule has 2 aromatic carbocycles. The Morgan fingerprint density at radius 1 is 0.983 bits per heavy atom. The zero-order chi connectivity index (χ0) is 44.8. The Morgan fingerprint density at radius 2 is 1.67 bits per heavy atom.